The number of hydrogen-bond donors (Lipinski definition) is 2. The Hall–Kier alpha value is -2.96. The molecule has 1 unspecified atom stereocenters. The molecule has 1 aliphatic heterocycles. The van der Waals surface area contributed by atoms with E-state index in [1.54, 1.807) is 0 Å². The van der Waals surface area contributed by atoms with Crippen LogP contribution in [0.2, 0.25) is 0 Å². The van der Waals surface area contributed by atoms with Gasteiger partial charge in [0.05, 0.1) is 0 Å². The Morgan fingerprint density at radius 3 is 2.08 bits per heavy atom. The van der Waals surface area contributed by atoms with Crippen molar-refractivity contribution in [2.24, 2.45) is 28.6 Å². The van der Waals surface area contributed by atoms with Crippen molar-refractivity contribution in [2.45, 2.75) is 79.6 Å². The standard InChI is InChI=1S/C32H47N3O4/c1-23-8-6-9-25(13-10-23)29(38)33-21-31(2,3)18-7-19-32(4,5)22-34-30(39)26-14-11-24(12-15-26)20-35-27(36)16-17-28(35)37/h6,8-10,13,16-17,23-24,26H,7,11-12,14-15,18-22H2,1-5H3,(H,33,38)(H,34,39). The third kappa shape index (κ3) is 9.63. The monoisotopic (exact) mass is 537 g/mol. The van der Waals surface area contributed by atoms with Gasteiger partial charge in [-0.25, -0.2) is 0 Å². The summed E-state index contributed by atoms with van der Waals surface area (Å²) in [6.45, 7) is 12.6. The van der Waals surface area contributed by atoms with E-state index < -0.39 is 0 Å². The second kappa shape index (κ2) is 13.4. The summed E-state index contributed by atoms with van der Waals surface area (Å²) in [5.41, 5.74) is 0.645. The molecule has 3 aliphatic rings. The number of carbonyl (C=O) groups is 4. The molecular weight excluding hydrogens is 490 g/mol. The van der Waals surface area contributed by atoms with E-state index in [4.69, 9.17) is 0 Å². The summed E-state index contributed by atoms with van der Waals surface area (Å²) in [7, 11) is 0. The van der Waals surface area contributed by atoms with Crippen LogP contribution in [0.25, 0.3) is 0 Å². The van der Waals surface area contributed by atoms with Crippen LogP contribution < -0.4 is 10.6 Å². The molecule has 214 valence electrons. The minimum Gasteiger partial charge on any atom is -0.355 e. The lowest BCUT2D eigenvalue weighted by Gasteiger charge is -2.32. The average Bonchev–Trinajstić information content (AvgIpc) is 3.05. The lowest BCUT2D eigenvalue weighted by molar-refractivity contribution is -0.138. The van der Waals surface area contributed by atoms with E-state index >= 15 is 0 Å². The minimum absolute atomic E-state index is 0.000163. The van der Waals surface area contributed by atoms with Crippen molar-refractivity contribution in [3.63, 3.8) is 0 Å². The highest BCUT2D eigenvalue weighted by Crippen LogP contribution is 2.31. The Kier molecular flexibility index (Phi) is 10.5. The molecule has 7 nitrogen and oxygen atoms in total. The molecule has 0 saturated heterocycles. The molecule has 1 saturated carbocycles. The summed E-state index contributed by atoms with van der Waals surface area (Å²) >= 11 is 0. The number of rotatable bonds is 12. The lowest BCUT2D eigenvalue weighted by atomic mass is 9.80. The first kappa shape index (κ1) is 30.6. The minimum atomic E-state index is -0.229. The van der Waals surface area contributed by atoms with Crippen LogP contribution in [0, 0.1) is 28.6 Å². The summed E-state index contributed by atoms with van der Waals surface area (Å²) in [6.07, 6.45) is 18.7. The second-order valence-electron chi connectivity index (χ2n) is 13.1. The summed E-state index contributed by atoms with van der Waals surface area (Å²) in [5, 5.41) is 6.28. The predicted octanol–water partition coefficient (Wildman–Crippen LogP) is 4.86. The van der Waals surface area contributed by atoms with Crippen molar-refractivity contribution in [3.8, 4) is 0 Å². The molecule has 2 aliphatic carbocycles. The van der Waals surface area contributed by atoms with E-state index in [-0.39, 0.29) is 46.3 Å². The largest absolute Gasteiger partial charge is 0.355 e. The summed E-state index contributed by atoms with van der Waals surface area (Å²) < 4.78 is 0. The van der Waals surface area contributed by atoms with Crippen LogP contribution in [0.5, 0.6) is 0 Å². The van der Waals surface area contributed by atoms with Gasteiger partial charge in [0.25, 0.3) is 17.7 Å². The highest BCUT2D eigenvalue weighted by Gasteiger charge is 2.32. The van der Waals surface area contributed by atoms with Crippen molar-refractivity contribution < 1.29 is 19.2 Å². The van der Waals surface area contributed by atoms with Gasteiger partial charge in [0.15, 0.2) is 0 Å². The van der Waals surface area contributed by atoms with Gasteiger partial charge in [-0.2, -0.15) is 0 Å². The molecule has 39 heavy (non-hydrogen) atoms. The molecule has 0 bridgehead atoms. The first-order valence-electron chi connectivity index (χ1n) is 14.5. The van der Waals surface area contributed by atoms with Crippen molar-refractivity contribution in [1.82, 2.24) is 15.5 Å². The molecule has 0 radical (unpaired) electrons. The lowest BCUT2D eigenvalue weighted by Crippen LogP contribution is -2.40. The molecule has 7 heteroatoms. The fourth-order valence-electron chi connectivity index (χ4n) is 5.45. The Morgan fingerprint density at radius 1 is 0.872 bits per heavy atom. The molecule has 1 heterocycles. The number of amides is 4. The van der Waals surface area contributed by atoms with Crippen LogP contribution in [0.3, 0.4) is 0 Å². The fraction of sp³-hybridized carbons (Fsp3) is 0.625. The Morgan fingerprint density at radius 2 is 1.46 bits per heavy atom. The second-order valence-corrected chi connectivity index (χ2v) is 13.1. The van der Waals surface area contributed by atoms with Crippen LogP contribution in [0.4, 0.5) is 0 Å². The summed E-state index contributed by atoms with van der Waals surface area (Å²) in [5.74, 6) is 0.220. The number of imide groups is 1. The average molecular weight is 538 g/mol. The zero-order valence-corrected chi connectivity index (χ0v) is 24.4. The fourth-order valence-corrected chi connectivity index (χ4v) is 5.45. The van der Waals surface area contributed by atoms with Gasteiger partial charge >= 0.3 is 0 Å². The Bertz CT molecular complexity index is 1020. The van der Waals surface area contributed by atoms with Gasteiger partial charge in [0.2, 0.25) is 5.91 Å². The maximum atomic E-state index is 12.9. The molecule has 0 spiro atoms. The Labute approximate surface area is 234 Å². The van der Waals surface area contributed by atoms with E-state index in [9.17, 15) is 19.2 Å². The first-order chi connectivity index (χ1) is 18.3. The van der Waals surface area contributed by atoms with E-state index in [2.05, 4.69) is 51.3 Å². The van der Waals surface area contributed by atoms with Crippen LogP contribution >= 0.6 is 0 Å². The SMILES string of the molecule is CC1C=CC=C(C(=O)NCC(C)(C)CCCC(C)(C)CNC(=O)C2CCC(CN3C(=O)C=CC3=O)CC2)C=C1. The van der Waals surface area contributed by atoms with Crippen molar-refractivity contribution in [3.05, 3.63) is 48.1 Å². The maximum Gasteiger partial charge on any atom is 0.253 e. The van der Waals surface area contributed by atoms with Crippen molar-refractivity contribution >= 4 is 23.6 Å². The van der Waals surface area contributed by atoms with Crippen LogP contribution in [0.1, 0.15) is 79.6 Å². The van der Waals surface area contributed by atoms with Crippen LogP contribution in [-0.2, 0) is 19.2 Å². The zero-order valence-electron chi connectivity index (χ0n) is 24.4. The highest BCUT2D eigenvalue weighted by molar-refractivity contribution is 6.12. The number of nitrogens with zero attached hydrogens (tertiary/aromatic N) is 1. The van der Waals surface area contributed by atoms with E-state index in [0.717, 1.165) is 44.9 Å². The predicted molar refractivity (Wildman–Crippen MR) is 154 cm³/mol. The quantitative estimate of drug-likeness (QED) is 0.348. The topological polar surface area (TPSA) is 95.6 Å². The van der Waals surface area contributed by atoms with Gasteiger partial charge in [-0.15, -0.1) is 0 Å². The number of hydrogen-bond acceptors (Lipinski definition) is 4. The van der Waals surface area contributed by atoms with Gasteiger partial charge in [0.1, 0.15) is 0 Å². The third-order valence-corrected chi connectivity index (χ3v) is 8.27. The summed E-state index contributed by atoms with van der Waals surface area (Å²) in [4.78, 5) is 50.4. The molecule has 0 aromatic rings. The first-order valence-corrected chi connectivity index (χ1v) is 14.5. The van der Waals surface area contributed by atoms with Crippen molar-refractivity contribution in [2.75, 3.05) is 19.6 Å². The van der Waals surface area contributed by atoms with Crippen LogP contribution in [0.15, 0.2) is 48.1 Å². The van der Waals surface area contributed by atoms with Crippen molar-refractivity contribution in [1.29, 1.82) is 0 Å². The number of carbonyl (C=O) groups excluding carboxylic acids is 4. The van der Waals surface area contributed by atoms with E-state index in [1.165, 1.54) is 17.1 Å². The summed E-state index contributed by atoms with van der Waals surface area (Å²) in [6, 6.07) is 0. The highest BCUT2D eigenvalue weighted by atomic mass is 16.2. The Balaban J connectivity index is 1.33. The molecular formula is C32H47N3O4. The number of nitrogens with one attached hydrogen (secondary N) is 2. The van der Waals surface area contributed by atoms with Gasteiger partial charge in [-0.05, 0) is 67.3 Å². The third-order valence-electron chi connectivity index (χ3n) is 8.27. The van der Waals surface area contributed by atoms with E-state index in [1.807, 2.05) is 24.3 Å². The molecule has 2 N–H and O–H groups in total. The number of allylic oxidation sites excluding steroid dienone is 4. The van der Waals surface area contributed by atoms with Gasteiger partial charge in [0, 0.05) is 43.3 Å². The van der Waals surface area contributed by atoms with Crippen LogP contribution in [-0.4, -0.2) is 48.2 Å². The molecule has 1 fully saturated rings. The molecule has 0 aromatic carbocycles. The normalized spacial score (nSPS) is 23.6. The molecule has 4 amide bonds. The zero-order chi connectivity index (χ0) is 28.6. The van der Waals surface area contributed by atoms with Gasteiger partial charge < -0.3 is 10.6 Å². The molecule has 3 rings (SSSR count). The van der Waals surface area contributed by atoms with Gasteiger partial charge in [-0.3, -0.25) is 24.1 Å². The smallest absolute Gasteiger partial charge is 0.253 e. The van der Waals surface area contributed by atoms with Gasteiger partial charge in [-0.1, -0.05) is 65.3 Å². The molecule has 0 aromatic heterocycles. The molecule has 1 atom stereocenters. The van der Waals surface area contributed by atoms with E-state index in [0.29, 0.717) is 31.1 Å². The maximum absolute atomic E-state index is 12.9.